The molecule has 2 aromatic rings. The Kier molecular flexibility index (Phi) is 8.08. The van der Waals surface area contributed by atoms with Crippen molar-refractivity contribution >= 4 is 27.5 Å². The fraction of sp³-hybridized carbons (Fsp3) is 0.385. The number of benzene rings is 2. The first-order valence-corrected chi connectivity index (χ1v) is 13.5. The number of likely N-dealkylation sites (tertiary alicyclic amines) is 1. The normalized spacial score (nSPS) is 20.6. The van der Waals surface area contributed by atoms with E-state index in [9.17, 15) is 27.5 Å². The van der Waals surface area contributed by atoms with Gasteiger partial charge in [0, 0.05) is 32.6 Å². The molecule has 2 aromatic carbocycles. The van der Waals surface area contributed by atoms with Crippen molar-refractivity contribution in [3.05, 3.63) is 71.0 Å². The summed E-state index contributed by atoms with van der Waals surface area (Å²) in [5.41, 5.74) is 0.314. The van der Waals surface area contributed by atoms with E-state index in [2.05, 4.69) is 0 Å². The summed E-state index contributed by atoms with van der Waals surface area (Å²) < 4.78 is 44.8. The Morgan fingerprint density at radius 2 is 1.70 bits per heavy atom. The minimum Gasteiger partial charge on any atom is -0.872 e. The fourth-order valence-electron chi connectivity index (χ4n) is 4.65. The Hall–Kier alpha value is -3.12. The molecular weight excluding hydrogens is 501 g/mol. The van der Waals surface area contributed by atoms with Crippen LogP contribution in [-0.4, -0.2) is 82.8 Å². The summed E-state index contributed by atoms with van der Waals surface area (Å²) in [6.45, 7) is 4.12. The van der Waals surface area contributed by atoms with Gasteiger partial charge >= 0.3 is 0 Å². The van der Waals surface area contributed by atoms with Gasteiger partial charge in [-0.25, -0.2) is 17.1 Å². The lowest BCUT2D eigenvalue weighted by molar-refractivity contribution is -0.908. The maximum Gasteiger partial charge on any atom is 0.295 e. The Labute approximate surface area is 215 Å². The molecule has 4 rings (SSSR count). The second-order valence-electron chi connectivity index (χ2n) is 9.30. The van der Waals surface area contributed by atoms with Crippen molar-refractivity contribution in [2.45, 2.75) is 17.4 Å². The summed E-state index contributed by atoms with van der Waals surface area (Å²) in [7, 11) is -0.907. The van der Waals surface area contributed by atoms with E-state index in [4.69, 9.17) is 4.74 Å². The highest BCUT2D eigenvalue weighted by Crippen LogP contribution is 2.38. The van der Waals surface area contributed by atoms with E-state index in [1.165, 1.54) is 72.4 Å². The Bertz CT molecular complexity index is 1290. The van der Waals surface area contributed by atoms with Crippen LogP contribution in [0.5, 0.6) is 0 Å². The molecule has 2 heterocycles. The fourth-order valence-corrected chi connectivity index (χ4v) is 5.55. The number of carbonyl (C=O) groups is 2. The molecule has 1 unspecified atom stereocenters. The number of amides is 1. The monoisotopic (exact) mass is 531 g/mol. The third-order valence-corrected chi connectivity index (χ3v) is 8.57. The van der Waals surface area contributed by atoms with Gasteiger partial charge < -0.3 is 19.6 Å². The molecule has 0 saturated carbocycles. The molecule has 0 spiro atoms. The summed E-state index contributed by atoms with van der Waals surface area (Å²) in [5.74, 6) is -2.82. The second-order valence-corrected chi connectivity index (χ2v) is 11.5. The average Bonchev–Trinajstić information content (AvgIpc) is 3.14. The number of sulfonamides is 1. The standard InChI is InChI=1S/C26H30FN3O6S/c1-28(2)37(34,35)21-10-6-19(7-11-21)24(31)22-23(18-4-8-20(27)9-5-18)30(26(33)25(22)32)13-3-12-29-14-16-36-17-15-29/h4-11,23,31H,3,12-17H2,1-2H3/b24-22+. The zero-order chi connectivity index (χ0) is 26.7. The molecule has 2 saturated heterocycles. The van der Waals surface area contributed by atoms with Crippen LogP contribution < -0.4 is 10.0 Å². The van der Waals surface area contributed by atoms with Crippen molar-refractivity contribution in [2.24, 2.45) is 0 Å². The summed E-state index contributed by atoms with van der Waals surface area (Å²) >= 11 is 0. The SMILES string of the molecule is CN(C)S(=O)(=O)c1ccc(/C([O-])=C2\C(=O)C(=O)N(CCC[NH+]3CCOCC3)C2c2ccc(F)cc2)cc1. The first kappa shape index (κ1) is 26.9. The summed E-state index contributed by atoms with van der Waals surface area (Å²) in [4.78, 5) is 28.9. The molecule has 37 heavy (non-hydrogen) atoms. The molecule has 0 radical (unpaired) electrons. The first-order valence-electron chi connectivity index (χ1n) is 12.1. The number of ether oxygens (including phenoxy) is 1. The van der Waals surface area contributed by atoms with Crippen molar-refractivity contribution < 1.29 is 37.1 Å². The number of ketones is 1. The number of Topliss-reactive ketones (excluding diaryl/α,β-unsaturated/α-hetero) is 1. The number of nitrogens with one attached hydrogen (secondary N) is 1. The smallest absolute Gasteiger partial charge is 0.295 e. The van der Waals surface area contributed by atoms with Crippen LogP contribution >= 0.6 is 0 Å². The van der Waals surface area contributed by atoms with Crippen LogP contribution in [-0.2, 0) is 24.3 Å². The summed E-state index contributed by atoms with van der Waals surface area (Å²) in [5, 5.41) is 13.5. The van der Waals surface area contributed by atoms with E-state index in [0.717, 1.165) is 23.9 Å². The highest BCUT2D eigenvalue weighted by Gasteiger charge is 2.44. The Morgan fingerprint density at radius 1 is 1.08 bits per heavy atom. The van der Waals surface area contributed by atoms with E-state index < -0.39 is 39.3 Å². The van der Waals surface area contributed by atoms with Gasteiger partial charge in [0.25, 0.3) is 5.91 Å². The number of hydrogen-bond donors (Lipinski definition) is 1. The quantitative estimate of drug-likeness (QED) is 0.282. The number of carbonyl (C=O) groups excluding carboxylic acids is 2. The van der Waals surface area contributed by atoms with E-state index in [1.807, 2.05) is 0 Å². The molecule has 0 bridgehead atoms. The average molecular weight is 532 g/mol. The van der Waals surface area contributed by atoms with Crippen LogP contribution in [0.25, 0.3) is 5.76 Å². The Morgan fingerprint density at radius 3 is 2.30 bits per heavy atom. The predicted molar refractivity (Wildman–Crippen MR) is 131 cm³/mol. The van der Waals surface area contributed by atoms with Gasteiger partial charge in [0.05, 0.1) is 30.7 Å². The van der Waals surface area contributed by atoms with Crippen LogP contribution in [0.15, 0.2) is 59.0 Å². The topological polar surface area (TPSA) is 111 Å². The van der Waals surface area contributed by atoms with E-state index in [1.54, 1.807) is 0 Å². The minimum atomic E-state index is -3.70. The van der Waals surface area contributed by atoms with Crippen LogP contribution in [0.1, 0.15) is 23.6 Å². The third kappa shape index (κ3) is 5.59. The van der Waals surface area contributed by atoms with Crippen LogP contribution in [0.4, 0.5) is 4.39 Å². The van der Waals surface area contributed by atoms with Crippen molar-refractivity contribution in [1.82, 2.24) is 9.21 Å². The zero-order valence-corrected chi connectivity index (χ0v) is 21.6. The summed E-state index contributed by atoms with van der Waals surface area (Å²) in [6.07, 6.45) is 0.616. The van der Waals surface area contributed by atoms with Crippen molar-refractivity contribution in [1.29, 1.82) is 0 Å². The lowest BCUT2D eigenvalue weighted by Gasteiger charge is -2.29. The first-order chi connectivity index (χ1) is 17.6. The van der Waals surface area contributed by atoms with Gasteiger partial charge in [0.1, 0.15) is 18.9 Å². The third-order valence-electron chi connectivity index (χ3n) is 6.74. The summed E-state index contributed by atoms with van der Waals surface area (Å²) in [6, 6.07) is 9.66. The minimum absolute atomic E-state index is 0.00445. The number of hydrogen-bond acceptors (Lipinski definition) is 6. The van der Waals surface area contributed by atoms with Crippen LogP contribution in [0.3, 0.4) is 0 Å². The van der Waals surface area contributed by atoms with Gasteiger partial charge in [-0.3, -0.25) is 9.59 Å². The predicted octanol–water partition coefficient (Wildman–Crippen LogP) is -0.395. The van der Waals surface area contributed by atoms with Gasteiger partial charge in [-0.15, -0.1) is 0 Å². The maximum absolute atomic E-state index is 13.7. The molecule has 1 amide bonds. The number of halogens is 1. The second kappa shape index (κ2) is 11.1. The van der Waals surface area contributed by atoms with E-state index >= 15 is 0 Å². The molecule has 9 nitrogen and oxygen atoms in total. The largest absolute Gasteiger partial charge is 0.872 e. The highest BCUT2D eigenvalue weighted by atomic mass is 32.2. The van der Waals surface area contributed by atoms with Crippen molar-refractivity contribution in [3.8, 4) is 0 Å². The molecular formula is C26H30FN3O6S. The van der Waals surface area contributed by atoms with Gasteiger partial charge in [0.15, 0.2) is 0 Å². The molecule has 198 valence electrons. The van der Waals surface area contributed by atoms with Gasteiger partial charge in [0.2, 0.25) is 15.8 Å². The van der Waals surface area contributed by atoms with Gasteiger partial charge in [-0.05, 0) is 35.4 Å². The number of morpholine rings is 1. The lowest BCUT2D eigenvalue weighted by Crippen LogP contribution is -3.14. The van der Waals surface area contributed by atoms with Gasteiger partial charge in [-0.2, -0.15) is 0 Å². The van der Waals surface area contributed by atoms with Crippen LogP contribution in [0.2, 0.25) is 0 Å². The molecule has 2 aliphatic heterocycles. The van der Waals surface area contributed by atoms with Gasteiger partial charge in [-0.1, -0.05) is 30.0 Å². The lowest BCUT2D eigenvalue weighted by atomic mass is 9.95. The van der Waals surface area contributed by atoms with Crippen molar-refractivity contribution in [2.75, 3.05) is 53.5 Å². The van der Waals surface area contributed by atoms with E-state index in [0.29, 0.717) is 25.2 Å². The molecule has 1 N–H and O–H groups in total. The van der Waals surface area contributed by atoms with E-state index in [-0.39, 0.29) is 22.6 Å². The molecule has 11 heteroatoms. The Balaban J connectivity index is 1.68. The molecule has 0 aromatic heterocycles. The highest BCUT2D eigenvalue weighted by molar-refractivity contribution is 7.89. The molecule has 0 aliphatic carbocycles. The molecule has 2 aliphatic rings. The number of rotatable bonds is 8. The number of quaternary nitrogens is 1. The maximum atomic E-state index is 13.7. The zero-order valence-electron chi connectivity index (χ0n) is 20.8. The van der Waals surface area contributed by atoms with Crippen LogP contribution in [0, 0.1) is 5.82 Å². The molecule has 1 atom stereocenters. The number of nitrogens with zero attached hydrogens (tertiary/aromatic N) is 2. The van der Waals surface area contributed by atoms with Crippen molar-refractivity contribution in [3.63, 3.8) is 0 Å². The molecule has 2 fully saturated rings.